The van der Waals surface area contributed by atoms with Crippen molar-refractivity contribution in [3.63, 3.8) is 0 Å². The number of carboxylic acid groups (broad SMARTS) is 1. The Hall–Kier alpha value is -1.49. The molecule has 0 fully saturated rings. The van der Waals surface area contributed by atoms with Crippen LogP contribution in [0.1, 0.15) is 10.4 Å². The smallest absolute Gasteiger partial charge is 0.335 e. The lowest BCUT2D eigenvalue weighted by Crippen LogP contribution is -1.94. The molecule has 18 heavy (non-hydrogen) atoms. The van der Waals surface area contributed by atoms with Crippen LogP contribution < -0.4 is 0 Å². The Kier molecular flexibility index (Phi) is 8.74. The number of aromatic carboxylic acids is 1. The van der Waals surface area contributed by atoms with Crippen molar-refractivity contribution in [1.29, 1.82) is 0 Å². The molecule has 1 rings (SSSR count). The van der Waals surface area contributed by atoms with E-state index in [-0.39, 0.29) is 5.56 Å². The summed E-state index contributed by atoms with van der Waals surface area (Å²) in [6, 6.07) is 4.26. The van der Waals surface area contributed by atoms with Gasteiger partial charge in [-0.05, 0) is 67.1 Å². The highest BCUT2D eigenvalue weighted by Crippen LogP contribution is 2.23. The van der Waals surface area contributed by atoms with Crippen molar-refractivity contribution in [2.24, 2.45) is 9.98 Å². The van der Waals surface area contributed by atoms with Gasteiger partial charge in [-0.1, -0.05) is 0 Å². The average molecular weight is 312 g/mol. The molecule has 0 atom stereocenters. The summed E-state index contributed by atoms with van der Waals surface area (Å²) in [6.45, 7) is 0. The topological polar surface area (TPSA) is 62.0 Å². The molecule has 0 heterocycles. The van der Waals surface area contributed by atoms with Gasteiger partial charge in [-0.2, -0.15) is 9.98 Å². The van der Waals surface area contributed by atoms with E-state index in [0.29, 0.717) is 11.4 Å². The second kappa shape index (κ2) is 9.53. The molecule has 0 bridgehead atoms. The number of hydrogen-bond donors (Lipinski definition) is 1. The highest BCUT2D eigenvalue weighted by molar-refractivity contribution is 7.93. The highest BCUT2D eigenvalue weighted by atomic mass is 32.1. The van der Waals surface area contributed by atoms with E-state index in [9.17, 15) is 4.79 Å². The van der Waals surface area contributed by atoms with Crippen molar-refractivity contribution in [1.82, 2.24) is 0 Å². The van der Waals surface area contributed by atoms with Gasteiger partial charge < -0.3 is 5.11 Å². The second-order valence-corrected chi connectivity index (χ2v) is 3.56. The third-order valence-corrected chi connectivity index (χ3v) is 1.68. The zero-order valence-electron chi connectivity index (χ0n) is 8.61. The molecule has 4 nitrogen and oxygen atoms in total. The van der Waals surface area contributed by atoms with E-state index < -0.39 is 5.97 Å². The zero-order valence-corrected chi connectivity index (χ0v) is 11.9. The molecule has 0 spiro atoms. The number of carbonyl (C=O) groups is 1. The first-order valence-electron chi connectivity index (χ1n) is 4.12. The van der Waals surface area contributed by atoms with Gasteiger partial charge in [0.2, 0.25) is 0 Å². The Morgan fingerprint density at radius 2 is 1.39 bits per heavy atom. The van der Waals surface area contributed by atoms with Crippen molar-refractivity contribution >= 4 is 80.9 Å². The van der Waals surface area contributed by atoms with Crippen LogP contribution >= 0.6 is 48.9 Å². The van der Waals surface area contributed by atoms with E-state index in [4.69, 9.17) is 5.11 Å². The van der Waals surface area contributed by atoms with Crippen LogP contribution in [-0.2, 0) is 0 Å². The molecule has 1 N–H and O–H groups in total. The van der Waals surface area contributed by atoms with Crippen LogP contribution in [0.15, 0.2) is 28.2 Å². The second-order valence-electron chi connectivity index (χ2n) is 2.53. The van der Waals surface area contributed by atoms with Gasteiger partial charge in [0, 0.05) is 4.31 Å². The summed E-state index contributed by atoms with van der Waals surface area (Å²) in [5, 5.41) is 13.1. The van der Waals surface area contributed by atoms with Crippen molar-refractivity contribution in [2.75, 3.05) is 0 Å². The van der Waals surface area contributed by atoms with Gasteiger partial charge in [0.05, 0.1) is 27.3 Å². The number of thiocarbonyl (C=S) groups is 4. The quantitative estimate of drug-likeness (QED) is 0.675. The molecule has 0 aromatic heterocycles. The number of rotatable bonds is 3. The molecule has 1 aromatic rings. The van der Waals surface area contributed by atoms with Gasteiger partial charge in [-0.25, -0.2) is 4.79 Å². The molecule has 0 aliphatic heterocycles. The first-order chi connectivity index (χ1) is 8.58. The third kappa shape index (κ3) is 6.30. The summed E-state index contributed by atoms with van der Waals surface area (Å²) in [7, 11) is 0. The Morgan fingerprint density at radius 1 is 1.00 bits per heavy atom. The molecular weight excluding hydrogens is 308 g/mol. The number of isothiocyanates is 2. The van der Waals surface area contributed by atoms with E-state index in [1.807, 2.05) is 4.31 Å². The predicted octanol–water partition coefficient (Wildman–Crippen LogP) is 3.87. The summed E-state index contributed by atoms with van der Waals surface area (Å²) >= 11 is 16.8. The molecule has 0 aliphatic carbocycles. The SMILES string of the molecule is O=C(O)c1cc(N=C=S)cc(N=C=S)c1.S=C=S. The average Bonchev–Trinajstić information content (AvgIpc) is 2.30. The highest BCUT2D eigenvalue weighted by Gasteiger charge is 2.05. The normalized spacial score (nSPS) is 7.56. The Bertz CT molecular complexity index is 515. The fourth-order valence-electron chi connectivity index (χ4n) is 0.953. The lowest BCUT2D eigenvalue weighted by atomic mass is 10.2. The van der Waals surface area contributed by atoms with E-state index in [0.717, 1.165) is 0 Å². The number of hydrogen-bond acceptors (Lipinski definition) is 7. The van der Waals surface area contributed by atoms with Gasteiger partial charge in [-0.3, -0.25) is 0 Å². The number of aliphatic imine (C=N–C) groups is 2. The fraction of sp³-hybridized carbons (Fsp3) is 0. The summed E-state index contributed by atoms with van der Waals surface area (Å²) in [5.74, 6) is -1.07. The van der Waals surface area contributed by atoms with Crippen molar-refractivity contribution in [3.8, 4) is 0 Å². The molecular formula is C10H4N2O2S4. The van der Waals surface area contributed by atoms with Crippen molar-refractivity contribution in [3.05, 3.63) is 23.8 Å². The predicted molar refractivity (Wildman–Crippen MR) is 83.0 cm³/mol. The van der Waals surface area contributed by atoms with Crippen LogP contribution in [0, 0.1) is 0 Å². The maximum Gasteiger partial charge on any atom is 0.335 e. The maximum absolute atomic E-state index is 10.7. The Balaban J connectivity index is 0.000000873. The summed E-state index contributed by atoms with van der Waals surface area (Å²) < 4.78 is 1.92. The molecule has 90 valence electrons. The van der Waals surface area contributed by atoms with Crippen LogP contribution in [-0.4, -0.2) is 25.7 Å². The molecule has 0 amide bonds. The van der Waals surface area contributed by atoms with Gasteiger partial charge >= 0.3 is 5.97 Å². The standard InChI is InChI=1S/C9H4N2O2S2.CS2/c12-9(13)6-1-7(10-4-14)3-8(2-6)11-5-15;2-1-3/h1-3H,(H,12,13);. The Labute approximate surface area is 124 Å². The van der Waals surface area contributed by atoms with Crippen LogP contribution in [0.3, 0.4) is 0 Å². The molecule has 0 saturated heterocycles. The monoisotopic (exact) mass is 312 g/mol. The molecule has 0 aliphatic rings. The first-order valence-corrected chi connectivity index (χ1v) is 5.75. The summed E-state index contributed by atoms with van der Waals surface area (Å²) in [5.41, 5.74) is 0.799. The van der Waals surface area contributed by atoms with E-state index in [1.165, 1.54) is 18.2 Å². The van der Waals surface area contributed by atoms with Crippen LogP contribution in [0.25, 0.3) is 0 Å². The van der Waals surface area contributed by atoms with Crippen molar-refractivity contribution in [2.45, 2.75) is 0 Å². The van der Waals surface area contributed by atoms with E-state index in [2.05, 4.69) is 69.2 Å². The van der Waals surface area contributed by atoms with Gasteiger partial charge in [0.1, 0.15) is 0 Å². The molecule has 0 unspecified atom stereocenters. The minimum absolute atomic E-state index is 0.0606. The molecule has 0 saturated carbocycles. The number of carboxylic acids is 1. The largest absolute Gasteiger partial charge is 0.478 e. The summed E-state index contributed by atoms with van der Waals surface area (Å²) in [4.78, 5) is 18.1. The lowest BCUT2D eigenvalue weighted by molar-refractivity contribution is 0.0697. The maximum atomic E-state index is 10.7. The Morgan fingerprint density at radius 3 is 1.67 bits per heavy atom. The van der Waals surface area contributed by atoms with Crippen molar-refractivity contribution < 1.29 is 9.90 Å². The van der Waals surface area contributed by atoms with E-state index in [1.54, 1.807) is 0 Å². The minimum atomic E-state index is -1.07. The van der Waals surface area contributed by atoms with Gasteiger partial charge in [0.15, 0.2) is 0 Å². The van der Waals surface area contributed by atoms with Crippen LogP contribution in [0.4, 0.5) is 11.4 Å². The third-order valence-electron chi connectivity index (χ3n) is 1.50. The van der Waals surface area contributed by atoms with Gasteiger partial charge in [-0.15, -0.1) is 0 Å². The lowest BCUT2D eigenvalue weighted by Gasteiger charge is -1.98. The fourth-order valence-corrected chi connectivity index (χ4v) is 1.16. The minimum Gasteiger partial charge on any atom is -0.478 e. The van der Waals surface area contributed by atoms with Gasteiger partial charge in [0.25, 0.3) is 0 Å². The van der Waals surface area contributed by atoms with Crippen LogP contribution in [0.5, 0.6) is 0 Å². The number of nitrogens with zero attached hydrogens (tertiary/aromatic N) is 2. The first kappa shape index (κ1) is 16.5. The van der Waals surface area contributed by atoms with E-state index >= 15 is 0 Å². The van der Waals surface area contributed by atoms with Crippen LogP contribution in [0.2, 0.25) is 0 Å². The molecule has 0 radical (unpaired) electrons. The summed E-state index contributed by atoms with van der Waals surface area (Å²) in [6.07, 6.45) is 0. The zero-order chi connectivity index (χ0) is 14.0. The number of benzene rings is 1. The molecule has 8 heteroatoms. The molecule has 1 aromatic carbocycles.